The van der Waals surface area contributed by atoms with Crippen LogP contribution in [0.4, 0.5) is 0 Å². The number of nitrogens with zero attached hydrogens (tertiary/aromatic N) is 1. The van der Waals surface area contributed by atoms with Gasteiger partial charge in [-0.05, 0) is 25.5 Å². The smallest absolute Gasteiger partial charge is 0.241 e. The summed E-state index contributed by atoms with van der Waals surface area (Å²) < 4.78 is 5.63. The first-order valence-electron chi connectivity index (χ1n) is 8.08. The Balaban J connectivity index is 2.19. The number of unbranched alkanes of at least 4 members (excludes halogenated alkanes) is 2. The molecule has 0 aliphatic heterocycles. The fourth-order valence-electron chi connectivity index (χ4n) is 2.46. The van der Waals surface area contributed by atoms with Crippen LogP contribution >= 0.6 is 0 Å². The van der Waals surface area contributed by atoms with Gasteiger partial charge in [0.1, 0.15) is 11.5 Å². The number of benzene rings is 1. The van der Waals surface area contributed by atoms with Crippen molar-refractivity contribution in [2.45, 2.75) is 39.0 Å². The maximum absolute atomic E-state index is 11.7. The van der Waals surface area contributed by atoms with Crippen LogP contribution in [0.5, 0.6) is 11.5 Å². The van der Waals surface area contributed by atoms with Crippen LogP contribution in [0.25, 0.3) is 11.3 Å². The molecular weight excluding hydrogens is 308 g/mol. The summed E-state index contributed by atoms with van der Waals surface area (Å²) in [4.78, 5) is 11.7. The minimum atomic E-state index is -0.492. The number of H-pyrrole nitrogens is 1. The van der Waals surface area contributed by atoms with E-state index in [-0.39, 0.29) is 11.7 Å². The molecule has 1 aromatic heterocycles. The fourth-order valence-corrected chi connectivity index (χ4v) is 2.46. The van der Waals surface area contributed by atoms with Gasteiger partial charge in [-0.2, -0.15) is 5.10 Å². The number of phenols is 1. The van der Waals surface area contributed by atoms with Crippen LogP contribution < -0.4 is 16.0 Å². The topological polar surface area (TPSA) is 113 Å². The molecule has 1 amide bonds. The van der Waals surface area contributed by atoms with Gasteiger partial charge in [0.15, 0.2) is 0 Å². The summed E-state index contributed by atoms with van der Waals surface area (Å²) in [5, 5.41) is 17.1. The van der Waals surface area contributed by atoms with Crippen molar-refractivity contribution in [2.24, 2.45) is 5.84 Å². The van der Waals surface area contributed by atoms with E-state index in [1.807, 2.05) is 0 Å². The highest BCUT2D eigenvalue weighted by molar-refractivity contribution is 5.85. The number of ether oxygens (including phenoxy) is 1. The van der Waals surface area contributed by atoms with Gasteiger partial charge >= 0.3 is 0 Å². The average molecular weight is 332 g/mol. The predicted octanol–water partition coefficient (Wildman–Crippen LogP) is 2.44. The summed E-state index contributed by atoms with van der Waals surface area (Å²) in [6, 6.07) is 5.10. The summed E-state index contributed by atoms with van der Waals surface area (Å²) in [5.41, 5.74) is 3.92. The molecule has 0 saturated carbocycles. The number of nitrogens with two attached hydrogens (primary N) is 1. The third-order valence-electron chi connectivity index (χ3n) is 3.93. The number of phenolic OH excluding ortho intramolecular Hbond substituents is 1. The molecule has 0 spiro atoms. The molecule has 1 aromatic carbocycles. The highest BCUT2D eigenvalue weighted by Gasteiger charge is 2.21. The van der Waals surface area contributed by atoms with Crippen molar-refractivity contribution in [2.75, 3.05) is 6.61 Å². The second kappa shape index (κ2) is 8.35. The highest BCUT2D eigenvalue weighted by Crippen LogP contribution is 2.35. The predicted molar refractivity (Wildman–Crippen MR) is 91.5 cm³/mol. The number of rotatable bonds is 8. The third-order valence-corrected chi connectivity index (χ3v) is 3.93. The van der Waals surface area contributed by atoms with Gasteiger partial charge in [0, 0.05) is 17.2 Å². The lowest BCUT2D eigenvalue weighted by Gasteiger charge is -2.12. The molecule has 1 heterocycles. The number of hydrazine groups is 1. The van der Waals surface area contributed by atoms with Crippen LogP contribution in [0.2, 0.25) is 0 Å². The maximum atomic E-state index is 11.7. The molecule has 2 rings (SSSR count). The second-order valence-corrected chi connectivity index (χ2v) is 5.67. The number of nitrogens with one attached hydrogen (secondary N) is 2. The zero-order valence-corrected chi connectivity index (χ0v) is 14.0. The van der Waals surface area contributed by atoms with E-state index in [0.29, 0.717) is 29.2 Å². The molecule has 0 fully saturated rings. The molecule has 0 saturated heterocycles. The van der Waals surface area contributed by atoms with E-state index < -0.39 is 5.92 Å². The molecule has 1 atom stereocenters. The van der Waals surface area contributed by atoms with Crippen molar-refractivity contribution in [3.8, 4) is 22.8 Å². The molecule has 0 aliphatic carbocycles. The van der Waals surface area contributed by atoms with E-state index in [1.54, 1.807) is 31.3 Å². The van der Waals surface area contributed by atoms with E-state index in [0.717, 1.165) is 19.3 Å². The van der Waals surface area contributed by atoms with Crippen molar-refractivity contribution in [1.82, 2.24) is 15.6 Å². The summed E-state index contributed by atoms with van der Waals surface area (Å²) >= 11 is 0. The Bertz CT molecular complexity index is 684. The summed E-state index contributed by atoms with van der Waals surface area (Å²) in [5.74, 6) is 5.05. The van der Waals surface area contributed by atoms with Crippen LogP contribution in [0.1, 0.15) is 44.6 Å². The molecule has 7 heteroatoms. The SMILES string of the molecule is CCCCCOc1ccc(-c2[nH]ncc2C(C)C(=O)NN)c(O)c1. The zero-order chi connectivity index (χ0) is 17.5. The van der Waals surface area contributed by atoms with Gasteiger partial charge < -0.3 is 9.84 Å². The molecule has 0 radical (unpaired) electrons. The van der Waals surface area contributed by atoms with Crippen molar-refractivity contribution in [3.63, 3.8) is 0 Å². The van der Waals surface area contributed by atoms with Crippen LogP contribution in [-0.2, 0) is 4.79 Å². The van der Waals surface area contributed by atoms with Crippen LogP contribution in [0, 0.1) is 0 Å². The monoisotopic (exact) mass is 332 g/mol. The van der Waals surface area contributed by atoms with E-state index in [4.69, 9.17) is 10.6 Å². The van der Waals surface area contributed by atoms with Crippen molar-refractivity contribution >= 4 is 5.91 Å². The number of amides is 1. The first-order chi connectivity index (χ1) is 11.6. The number of aromatic nitrogens is 2. The molecule has 130 valence electrons. The lowest BCUT2D eigenvalue weighted by molar-refractivity contribution is -0.122. The molecule has 5 N–H and O–H groups in total. The number of aromatic amines is 1. The number of hydrogen-bond acceptors (Lipinski definition) is 5. The Labute approximate surface area is 141 Å². The quantitative estimate of drug-likeness (QED) is 0.257. The highest BCUT2D eigenvalue weighted by atomic mass is 16.5. The third kappa shape index (κ3) is 4.05. The summed E-state index contributed by atoms with van der Waals surface area (Å²) in [7, 11) is 0. The van der Waals surface area contributed by atoms with E-state index >= 15 is 0 Å². The number of aromatic hydroxyl groups is 1. The number of carbonyl (C=O) groups is 1. The standard InChI is InChI=1S/C17H24N4O3/c1-3-4-5-8-24-12-6-7-13(15(22)9-12)16-14(10-19-21-16)11(2)17(23)20-18/h6-7,9-11,22H,3-5,8,18H2,1-2H3,(H,19,21)(H,20,23). The van der Waals surface area contributed by atoms with Crippen molar-refractivity contribution in [3.05, 3.63) is 30.0 Å². The number of carbonyl (C=O) groups excluding carboxylic acids is 1. The summed E-state index contributed by atoms with van der Waals surface area (Å²) in [6.07, 6.45) is 4.78. The van der Waals surface area contributed by atoms with Gasteiger partial charge in [0.2, 0.25) is 5.91 Å². The van der Waals surface area contributed by atoms with E-state index in [2.05, 4.69) is 22.5 Å². The molecule has 24 heavy (non-hydrogen) atoms. The summed E-state index contributed by atoms with van der Waals surface area (Å²) in [6.45, 7) is 4.48. The van der Waals surface area contributed by atoms with Gasteiger partial charge in [-0.25, -0.2) is 5.84 Å². The van der Waals surface area contributed by atoms with Gasteiger partial charge in [0.05, 0.1) is 24.4 Å². The minimum absolute atomic E-state index is 0.0637. The number of hydrogen-bond donors (Lipinski definition) is 4. The first-order valence-corrected chi connectivity index (χ1v) is 8.08. The van der Waals surface area contributed by atoms with Gasteiger partial charge in [0.25, 0.3) is 0 Å². The molecule has 7 nitrogen and oxygen atoms in total. The van der Waals surface area contributed by atoms with Gasteiger partial charge in [-0.1, -0.05) is 19.8 Å². The Morgan fingerprint density at radius 3 is 2.92 bits per heavy atom. The largest absolute Gasteiger partial charge is 0.507 e. The lowest BCUT2D eigenvalue weighted by Crippen LogP contribution is -2.33. The van der Waals surface area contributed by atoms with Crippen molar-refractivity contribution in [1.29, 1.82) is 0 Å². The average Bonchev–Trinajstić information content (AvgIpc) is 3.06. The van der Waals surface area contributed by atoms with Crippen LogP contribution in [0.15, 0.2) is 24.4 Å². The fraction of sp³-hybridized carbons (Fsp3) is 0.412. The second-order valence-electron chi connectivity index (χ2n) is 5.67. The lowest BCUT2D eigenvalue weighted by atomic mass is 9.97. The Morgan fingerprint density at radius 2 is 2.25 bits per heavy atom. The molecule has 2 aromatic rings. The minimum Gasteiger partial charge on any atom is -0.507 e. The van der Waals surface area contributed by atoms with Crippen LogP contribution in [0.3, 0.4) is 0 Å². The Morgan fingerprint density at radius 1 is 1.46 bits per heavy atom. The Kier molecular flexibility index (Phi) is 6.20. The molecule has 0 bridgehead atoms. The molecule has 0 aliphatic rings. The normalized spacial score (nSPS) is 12.0. The van der Waals surface area contributed by atoms with E-state index in [1.165, 1.54) is 0 Å². The van der Waals surface area contributed by atoms with Crippen molar-refractivity contribution < 1.29 is 14.6 Å². The maximum Gasteiger partial charge on any atom is 0.241 e. The van der Waals surface area contributed by atoms with Gasteiger partial charge in [-0.3, -0.25) is 15.3 Å². The molecular formula is C17H24N4O3. The molecule has 1 unspecified atom stereocenters. The van der Waals surface area contributed by atoms with Gasteiger partial charge in [-0.15, -0.1) is 0 Å². The first kappa shape index (κ1) is 17.8. The van der Waals surface area contributed by atoms with Crippen LogP contribution in [-0.4, -0.2) is 27.8 Å². The Hall–Kier alpha value is -2.54. The van der Waals surface area contributed by atoms with E-state index in [9.17, 15) is 9.90 Å². The zero-order valence-electron chi connectivity index (χ0n) is 14.0.